The molecule has 2 aliphatic heterocycles. The van der Waals surface area contributed by atoms with E-state index in [-0.39, 0.29) is 17.7 Å². The minimum Gasteiger partial charge on any atom is -0.461 e. The van der Waals surface area contributed by atoms with Crippen LogP contribution in [-0.4, -0.2) is 47.4 Å². The van der Waals surface area contributed by atoms with Crippen LogP contribution in [0.25, 0.3) is 11.5 Å². The summed E-state index contributed by atoms with van der Waals surface area (Å²) in [5, 5.41) is 0. The predicted octanol–water partition coefficient (Wildman–Crippen LogP) is 2.30. The van der Waals surface area contributed by atoms with Crippen LogP contribution in [0.15, 0.2) is 33.6 Å². The van der Waals surface area contributed by atoms with Gasteiger partial charge in [-0.15, -0.1) is 0 Å². The predicted molar refractivity (Wildman–Crippen MR) is 78.6 cm³/mol. The van der Waals surface area contributed by atoms with E-state index < -0.39 is 5.79 Å². The summed E-state index contributed by atoms with van der Waals surface area (Å²) in [6.45, 7) is 3.74. The molecule has 4 rings (SSSR count). The number of nitrogens with zero attached hydrogens (tertiary/aromatic N) is 2. The van der Waals surface area contributed by atoms with Crippen LogP contribution in [0.5, 0.6) is 0 Å². The van der Waals surface area contributed by atoms with E-state index >= 15 is 0 Å². The van der Waals surface area contributed by atoms with Crippen molar-refractivity contribution < 1.29 is 23.1 Å². The van der Waals surface area contributed by atoms with Gasteiger partial charge in [0.15, 0.2) is 23.6 Å². The Morgan fingerprint density at radius 3 is 2.83 bits per heavy atom. The summed E-state index contributed by atoms with van der Waals surface area (Å²) in [4.78, 5) is 18.5. The summed E-state index contributed by atoms with van der Waals surface area (Å²) < 4.78 is 22.3. The molecule has 0 aromatic carbocycles. The van der Waals surface area contributed by atoms with Gasteiger partial charge in [0.1, 0.15) is 0 Å². The molecule has 1 amide bonds. The number of carbonyl (C=O) groups excluding carboxylic acids is 1. The lowest BCUT2D eigenvalue weighted by molar-refractivity contribution is -0.189. The van der Waals surface area contributed by atoms with Gasteiger partial charge in [0.25, 0.3) is 5.91 Å². The van der Waals surface area contributed by atoms with E-state index in [0.717, 1.165) is 0 Å². The van der Waals surface area contributed by atoms with E-state index in [4.69, 9.17) is 18.3 Å². The van der Waals surface area contributed by atoms with Crippen molar-refractivity contribution in [2.75, 3.05) is 19.7 Å². The van der Waals surface area contributed by atoms with Crippen molar-refractivity contribution in [3.8, 4) is 11.5 Å². The molecule has 23 heavy (non-hydrogen) atoms. The normalized spacial score (nSPS) is 23.5. The number of oxazole rings is 1. The molecule has 4 heterocycles. The summed E-state index contributed by atoms with van der Waals surface area (Å²) >= 11 is 0. The van der Waals surface area contributed by atoms with Crippen molar-refractivity contribution in [2.24, 2.45) is 0 Å². The maximum atomic E-state index is 12.7. The molecule has 0 bridgehead atoms. The van der Waals surface area contributed by atoms with Gasteiger partial charge in [-0.3, -0.25) is 4.79 Å². The Balaban J connectivity index is 1.48. The molecule has 0 aliphatic carbocycles. The minimum absolute atomic E-state index is 0.110. The molecule has 0 radical (unpaired) electrons. The SMILES string of the molecule is C[C@H]1COC2(CCN(C(=O)c3ncoc3-c3ccco3)CC2)O1. The zero-order chi connectivity index (χ0) is 15.9. The molecule has 0 N–H and O–H groups in total. The zero-order valence-electron chi connectivity index (χ0n) is 12.9. The van der Waals surface area contributed by atoms with Crippen LogP contribution in [0.3, 0.4) is 0 Å². The number of hydrogen-bond donors (Lipinski definition) is 0. The smallest absolute Gasteiger partial charge is 0.276 e. The van der Waals surface area contributed by atoms with Crippen LogP contribution in [0, 0.1) is 0 Å². The van der Waals surface area contributed by atoms with Gasteiger partial charge < -0.3 is 23.2 Å². The Morgan fingerprint density at radius 2 is 2.17 bits per heavy atom. The molecule has 122 valence electrons. The van der Waals surface area contributed by atoms with Crippen LogP contribution < -0.4 is 0 Å². The fourth-order valence-corrected chi connectivity index (χ4v) is 3.15. The summed E-state index contributed by atoms with van der Waals surface area (Å²) in [5.74, 6) is 0.174. The quantitative estimate of drug-likeness (QED) is 0.845. The van der Waals surface area contributed by atoms with Gasteiger partial charge in [-0.25, -0.2) is 4.98 Å². The van der Waals surface area contributed by atoms with E-state index in [1.165, 1.54) is 12.7 Å². The lowest BCUT2D eigenvalue weighted by atomic mass is 10.0. The second-order valence-electron chi connectivity index (χ2n) is 5.95. The van der Waals surface area contributed by atoms with Crippen LogP contribution in [-0.2, 0) is 9.47 Å². The Kier molecular flexibility index (Phi) is 3.46. The van der Waals surface area contributed by atoms with Crippen LogP contribution in [0.4, 0.5) is 0 Å². The van der Waals surface area contributed by atoms with E-state index in [9.17, 15) is 4.79 Å². The zero-order valence-corrected chi connectivity index (χ0v) is 12.9. The molecule has 2 aromatic rings. The first-order valence-electron chi connectivity index (χ1n) is 7.75. The maximum absolute atomic E-state index is 12.7. The van der Waals surface area contributed by atoms with Gasteiger partial charge in [-0.2, -0.15) is 0 Å². The summed E-state index contributed by atoms with van der Waals surface area (Å²) in [6.07, 6.45) is 4.24. The van der Waals surface area contributed by atoms with Crippen molar-refractivity contribution >= 4 is 5.91 Å². The number of likely N-dealkylation sites (tertiary alicyclic amines) is 1. The highest BCUT2D eigenvalue weighted by Gasteiger charge is 2.43. The highest BCUT2D eigenvalue weighted by atomic mass is 16.7. The molecule has 7 nitrogen and oxygen atoms in total. The fourth-order valence-electron chi connectivity index (χ4n) is 3.15. The average molecular weight is 318 g/mol. The van der Waals surface area contributed by atoms with Gasteiger partial charge in [0, 0.05) is 25.9 Å². The fraction of sp³-hybridized carbons (Fsp3) is 0.500. The number of aromatic nitrogens is 1. The first kappa shape index (κ1) is 14.5. The Labute approximate surface area is 133 Å². The van der Waals surface area contributed by atoms with Gasteiger partial charge in [-0.1, -0.05) is 0 Å². The summed E-state index contributed by atoms with van der Waals surface area (Å²) in [7, 11) is 0. The van der Waals surface area contributed by atoms with Crippen LogP contribution in [0.2, 0.25) is 0 Å². The molecule has 2 aliphatic rings. The summed E-state index contributed by atoms with van der Waals surface area (Å²) in [6, 6.07) is 3.48. The standard InChI is InChI=1S/C16H18N2O5/c1-11-9-22-16(23-11)4-6-18(7-5-16)15(19)13-14(21-10-17-13)12-3-2-8-20-12/h2-3,8,10-11H,4-7,9H2,1H3/t11-/m0/s1. The summed E-state index contributed by atoms with van der Waals surface area (Å²) in [5.41, 5.74) is 0.275. The second-order valence-corrected chi connectivity index (χ2v) is 5.95. The average Bonchev–Trinajstić information content (AvgIpc) is 3.28. The highest BCUT2D eigenvalue weighted by molar-refractivity contribution is 5.97. The molecule has 0 saturated carbocycles. The lowest BCUT2D eigenvalue weighted by Crippen LogP contribution is -2.47. The lowest BCUT2D eigenvalue weighted by Gasteiger charge is -2.37. The van der Waals surface area contributed by atoms with Crippen molar-refractivity contribution in [2.45, 2.75) is 31.7 Å². The van der Waals surface area contributed by atoms with E-state index in [2.05, 4.69) is 4.98 Å². The molecule has 1 atom stereocenters. The largest absolute Gasteiger partial charge is 0.461 e. The number of rotatable bonds is 2. The Hall–Kier alpha value is -2.12. The van der Waals surface area contributed by atoms with Crippen LogP contribution >= 0.6 is 0 Å². The van der Waals surface area contributed by atoms with E-state index in [0.29, 0.717) is 44.1 Å². The molecule has 2 aromatic heterocycles. The molecule has 2 fully saturated rings. The van der Waals surface area contributed by atoms with E-state index in [1.54, 1.807) is 17.0 Å². The molecule has 2 saturated heterocycles. The monoisotopic (exact) mass is 318 g/mol. The van der Waals surface area contributed by atoms with Crippen molar-refractivity contribution in [1.29, 1.82) is 0 Å². The third-order valence-electron chi connectivity index (χ3n) is 4.32. The molecule has 7 heteroatoms. The first-order valence-corrected chi connectivity index (χ1v) is 7.75. The van der Waals surface area contributed by atoms with Crippen LogP contribution in [0.1, 0.15) is 30.3 Å². The van der Waals surface area contributed by atoms with Crippen molar-refractivity contribution in [3.05, 3.63) is 30.5 Å². The Bertz CT molecular complexity index is 685. The minimum atomic E-state index is -0.524. The molecule has 1 spiro atoms. The third-order valence-corrected chi connectivity index (χ3v) is 4.32. The number of carbonyl (C=O) groups is 1. The number of hydrogen-bond acceptors (Lipinski definition) is 6. The second kappa shape index (κ2) is 5.50. The molecule has 0 unspecified atom stereocenters. The maximum Gasteiger partial charge on any atom is 0.276 e. The van der Waals surface area contributed by atoms with Crippen molar-refractivity contribution in [1.82, 2.24) is 9.88 Å². The topological polar surface area (TPSA) is 77.9 Å². The molecular weight excluding hydrogens is 300 g/mol. The number of piperidine rings is 1. The van der Waals surface area contributed by atoms with Gasteiger partial charge in [0.05, 0.1) is 19.0 Å². The van der Waals surface area contributed by atoms with Gasteiger partial charge in [0.2, 0.25) is 5.76 Å². The highest BCUT2D eigenvalue weighted by Crippen LogP contribution is 2.34. The number of ether oxygens (including phenoxy) is 2. The Morgan fingerprint density at radius 1 is 1.35 bits per heavy atom. The number of amides is 1. The van der Waals surface area contributed by atoms with Crippen molar-refractivity contribution in [3.63, 3.8) is 0 Å². The number of furan rings is 1. The van der Waals surface area contributed by atoms with Gasteiger partial charge >= 0.3 is 0 Å². The molecular formula is C16H18N2O5. The van der Waals surface area contributed by atoms with Gasteiger partial charge in [-0.05, 0) is 19.1 Å². The first-order chi connectivity index (χ1) is 11.2. The third kappa shape index (κ3) is 2.55. The van der Waals surface area contributed by atoms with E-state index in [1.807, 2.05) is 6.92 Å².